The summed E-state index contributed by atoms with van der Waals surface area (Å²) in [5.41, 5.74) is 8.81. The first-order chi connectivity index (χ1) is 9.15. The van der Waals surface area contributed by atoms with E-state index >= 15 is 0 Å². The van der Waals surface area contributed by atoms with Crippen LogP contribution in [0.1, 0.15) is 22.8 Å². The Morgan fingerprint density at radius 2 is 1.95 bits per heavy atom. The molecule has 0 aliphatic rings. The van der Waals surface area contributed by atoms with E-state index in [1.165, 1.54) is 0 Å². The van der Waals surface area contributed by atoms with Gasteiger partial charge >= 0.3 is 0 Å². The third-order valence-corrected chi connectivity index (χ3v) is 3.09. The normalized spacial score (nSPS) is 10.2. The minimum absolute atomic E-state index is 0.0881. The summed E-state index contributed by atoms with van der Waals surface area (Å²) in [7, 11) is 0. The molecule has 0 radical (unpaired) electrons. The highest BCUT2D eigenvalue weighted by molar-refractivity contribution is 6.09. The molecule has 0 fully saturated rings. The van der Waals surface area contributed by atoms with Crippen molar-refractivity contribution in [1.29, 1.82) is 0 Å². The number of rotatable bonds is 3. The highest BCUT2D eigenvalue weighted by Crippen LogP contribution is 2.21. The number of anilines is 2. The van der Waals surface area contributed by atoms with Gasteiger partial charge in [0, 0.05) is 30.3 Å². The second kappa shape index (κ2) is 5.52. The lowest BCUT2D eigenvalue weighted by molar-refractivity contribution is 0.0989. The first kappa shape index (κ1) is 13.1. The highest BCUT2D eigenvalue weighted by atomic mass is 16.2. The van der Waals surface area contributed by atoms with Crippen LogP contribution in [0.2, 0.25) is 0 Å². The van der Waals surface area contributed by atoms with Crippen LogP contribution in [0.3, 0.4) is 0 Å². The number of aromatic nitrogens is 1. The number of hydrogen-bond donors (Lipinski definition) is 1. The van der Waals surface area contributed by atoms with E-state index in [0.29, 0.717) is 17.8 Å². The van der Waals surface area contributed by atoms with Crippen LogP contribution in [0.15, 0.2) is 42.7 Å². The second-order valence-electron chi connectivity index (χ2n) is 4.29. The monoisotopic (exact) mass is 255 g/mol. The van der Waals surface area contributed by atoms with E-state index in [1.54, 1.807) is 23.4 Å². The van der Waals surface area contributed by atoms with Gasteiger partial charge in [0.15, 0.2) is 0 Å². The fourth-order valence-electron chi connectivity index (χ4n) is 1.98. The molecule has 19 heavy (non-hydrogen) atoms. The van der Waals surface area contributed by atoms with Gasteiger partial charge in [0.1, 0.15) is 0 Å². The maximum atomic E-state index is 12.6. The number of aryl methyl sites for hydroxylation is 1. The molecule has 98 valence electrons. The largest absolute Gasteiger partial charge is 0.398 e. The van der Waals surface area contributed by atoms with Crippen LogP contribution in [0.4, 0.5) is 11.4 Å². The molecule has 4 nitrogen and oxygen atoms in total. The van der Waals surface area contributed by atoms with Crippen molar-refractivity contribution in [3.63, 3.8) is 0 Å². The first-order valence-electron chi connectivity index (χ1n) is 6.22. The quantitative estimate of drug-likeness (QED) is 0.858. The molecule has 2 N–H and O–H groups in total. The van der Waals surface area contributed by atoms with Gasteiger partial charge < -0.3 is 10.6 Å². The van der Waals surface area contributed by atoms with Crippen LogP contribution >= 0.6 is 0 Å². The van der Waals surface area contributed by atoms with Gasteiger partial charge in [-0.1, -0.05) is 12.1 Å². The molecule has 1 heterocycles. The van der Waals surface area contributed by atoms with E-state index in [2.05, 4.69) is 4.98 Å². The number of benzene rings is 1. The zero-order valence-electron chi connectivity index (χ0n) is 11.1. The third kappa shape index (κ3) is 2.57. The minimum atomic E-state index is -0.0881. The van der Waals surface area contributed by atoms with Crippen molar-refractivity contribution in [1.82, 2.24) is 4.98 Å². The Bertz CT molecular complexity index is 581. The number of nitrogens with two attached hydrogens (primary N) is 1. The van der Waals surface area contributed by atoms with Crippen molar-refractivity contribution in [2.75, 3.05) is 17.2 Å². The number of carbonyl (C=O) groups excluding carboxylic acids is 1. The van der Waals surface area contributed by atoms with Crippen LogP contribution in [0.5, 0.6) is 0 Å². The lowest BCUT2D eigenvalue weighted by Gasteiger charge is -2.22. The zero-order valence-corrected chi connectivity index (χ0v) is 11.1. The van der Waals surface area contributed by atoms with E-state index in [0.717, 1.165) is 11.3 Å². The molecule has 0 atom stereocenters. The summed E-state index contributed by atoms with van der Waals surface area (Å²) in [5.74, 6) is -0.0881. The molecule has 2 rings (SSSR count). The van der Waals surface area contributed by atoms with Crippen molar-refractivity contribution >= 4 is 17.3 Å². The van der Waals surface area contributed by atoms with Crippen molar-refractivity contribution in [3.8, 4) is 0 Å². The van der Waals surface area contributed by atoms with Gasteiger partial charge in [-0.25, -0.2) is 0 Å². The van der Waals surface area contributed by atoms with Gasteiger partial charge in [0.2, 0.25) is 0 Å². The average Bonchev–Trinajstić information content (AvgIpc) is 2.44. The van der Waals surface area contributed by atoms with Crippen LogP contribution in [0.25, 0.3) is 0 Å². The number of amides is 1. The average molecular weight is 255 g/mol. The van der Waals surface area contributed by atoms with E-state index in [1.807, 2.05) is 38.1 Å². The van der Waals surface area contributed by atoms with Crippen LogP contribution < -0.4 is 10.6 Å². The summed E-state index contributed by atoms with van der Waals surface area (Å²) in [6, 6.07) is 9.13. The van der Waals surface area contributed by atoms with Crippen molar-refractivity contribution in [2.45, 2.75) is 13.8 Å². The molecule has 1 aromatic carbocycles. The Kier molecular flexibility index (Phi) is 3.80. The molecular weight excluding hydrogens is 238 g/mol. The summed E-state index contributed by atoms with van der Waals surface area (Å²) >= 11 is 0. The fraction of sp³-hybridized carbons (Fsp3) is 0.200. The Morgan fingerprint density at radius 1 is 1.26 bits per heavy atom. The predicted octanol–water partition coefficient (Wildman–Crippen LogP) is 2.64. The molecule has 0 spiro atoms. The van der Waals surface area contributed by atoms with Crippen LogP contribution in [0, 0.1) is 6.92 Å². The number of carbonyl (C=O) groups is 1. The maximum absolute atomic E-state index is 12.6. The molecule has 0 saturated heterocycles. The van der Waals surface area contributed by atoms with Gasteiger partial charge in [-0.05, 0) is 37.6 Å². The summed E-state index contributed by atoms with van der Waals surface area (Å²) in [6.07, 6.45) is 3.34. The molecule has 0 bridgehead atoms. The Labute approximate surface area is 112 Å². The number of para-hydroxylation sites is 1. The molecule has 0 aliphatic carbocycles. The topological polar surface area (TPSA) is 59.2 Å². The number of hydrogen-bond acceptors (Lipinski definition) is 3. The van der Waals surface area contributed by atoms with Gasteiger partial charge in [-0.15, -0.1) is 0 Å². The van der Waals surface area contributed by atoms with Gasteiger partial charge in [0.05, 0.1) is 5.56 Å². The molecule has 4 heteroatoms. The van der Waals surface area contributed by atoms with Crippen molar-refractivity contribution in [3.05, 3.63) is 53.9 Å². The Morgan fingerprint density at radius 3 is 2.58 bits per heavy atom. The standard InChI is InChI=1S/C15H17N3O/c1-3-18(12-7-9-17-10-8-12)15(19)13-6-4-5-11(2)14(13)16/h4-10H,3,16H2,1-2H3. The molecule has 0 saturated carbocycles. The lowest BCUT2D eigenvalue weighted by atomic mass is 10.1. The van der Waals surface area contributed by atoms with Gasteiger partial charge in [-0.2, -0.15) is 0 Å². The number of nitrogens with zero attached hydrogens (tertiary/aromatic N) is 2. The van der Waals surface area contributed by atoms with E-state index in [4.69, 9.17) is 5.73 Å². The van der Waals surface area contributed by atoms with Crippen LogP contribution in [-0.2, 0) is 0 Å². The molecule has 0 aliphatic heterocycles. The molecular formula is C15H17N3O. The van der Waals surface area contributed by atoms with Gasteiger partial charge in [-0.3, -0.25) is 9.78 Å². The van der Waals surface area contributed by atoms with E-state index < -0.39 is 0 Å². The Hall–Kier alpha value is -2.36. The molecule has 2 aromatic rings. The van der Waals surface area contributed by atoms with Crippen molar-refractivity contribution in [2.24, 2.45) is 0 Å². The molecule has 1 amide bonds. The summed E-state index contributed by atoms with van der Waals surface area (Å²) < 4.78 is 0. The highest BCUT2D eigenvalue weighted by Gasteiger charge is 2.18. The predicted molar refractivity (Wildman–Crippen MR) is 77.2 cm³/mol. The number of pyridine rings is 1. The zero-order chi connectivity index (χ0) is 13.8. The van der Waals surface area contributed by atoms with Crippen LogP contribution in [-0.4, -0.2) is 17.4 Å². The lowest BCUT2D eigenvalue weighted by Crippen LogP contribution is -2.31. The minimum Gasteiger partial charge on any atom is -0.398 e. The number of nitrogen functional groups attached to an aromatic ring is 1. The smallest absolute Gasteiger partial charge is 0.260 e. The SMILES string of the molecule is CCN(C(=O)c1cccc(C)c1N)c1ccncc1. The first-order valence-corrected chi connectivity index (χ1v) is 6.22. The summed E-state index contributed by atoms with van der Waals surface area (Å²) in [4.78, 5) is 18.2. The summed E-state index contributed by atoms with van der Waals surface area (Å²) in [5, 5.41) is 0. The van der Waals surface area contributed by atoms with E-state index in [9.17, 15) is 4.79 Å². The van der Waals surface area contributed by atoms with Crippen molar-refractivity contribution < 1.29 is 4.79 Å². The second-order valence-corrected chi connectivity index (χ2v) is 4.29. The molecule has 1 aromatic heterocycles. The molecule has 0 unspecified atom stereocenters. The maximum Gasteiger partial charge on any atom is 0.260 e. The van der Waals surface area contributed by atoms with Gasteiger partial charge in [0.25, 0.3) is 5.91 Å². The fourth-order valence-corrected chi connectivity index (χ4v) is 1.98. The summed E-state index contributed by atoms with van der Waals surface area (Å²) in [6.45, 7) is 4.41. The third-order valence-electron chi connectivity index (χ3n) is 3.09. The van der Waals surface area contributed by atoms with E-state index in [-0.39, 0.29) is 5.91 Å². The Balaban J connectivity index is 2.39.